The minimum atomic E-state index is -3.58. The van der Waals surface area contributed by atoms with E-state index in [1.807, 2.05) is 11.5 Å². The third kappa shape index (κ3) is 6.09. The third-order valence-corrected chi connectivity index (χ3v) is 8.63. The van der Waals surface area contributed by atoms with Gasteiger partial charge < -0.3 is 9.88 Å². The van der Waals surface area contributed by atoms with Crippen LogP contribution in [0.4, 0.5) is 10.1 Å². The van der Waals surface area contributed by atoms with E-state index >= 15 is 0 Å². The highest BCUT2D eigenvalue weighted by Crippen LogP contribution is 2.31. The highest BCUT2D eigenvalue weighted by atomic mass is 32.2. The number of aromatic nitrogens is 3. The van der Waals surface area contributed by atoms with Crippen LogP contribution >= 0.6 is 11.8 Å². The Morgan fingerprint density at radius 3 is 2.60 bits per heavy atom. The molecule has 0 bridgehead atoms. The number of hydrogen-bond donors (Lipinski definition) is 1. The fourth-order valence-electron chi connectivity index (χ4n) is 4.12. The van der Waals surface area contributed by atoms with Crippen LogP contribution in [0.1, 0.15) is 37.9 Å². The van der Waals surface area contributed by atoms with Gasteiger partial charge in [0.1, 0.15) is 11.6 Å². The summed E-state index contributed by atoms with van der Waals surface area (Å²) in [6.07, 6.45) is 2.40. The van der Waals surface area contributed by atoms with Gasteiger partial charge in [0.25, 0.3) is 0 Å². The van der Waals surface area contributed by atoms with Gasteiger partial charge in [-0.2, -0.15) is 4.31 Å². The minimum Gasteiger partial charge on any atom is -0.325 e. The average Bonchev–Trinajstić information content (AvgIpc) is 3.27. The molecule has 1 saturated heterocycles. The first-order valence-electron chi connectivity index (χ1n) is 11.5. The molecule has 2 aromatic carbocycles. The smallest absolute Gasteiger partial charge is 0.243 e. The second kappa shape index (κ2) is 11.3. The van der Waals surface area contributed by atoms with Gasteiger partial charge in [0, 0.05) is 31.2 Å². The number of hydrogen-bond acceptors (Lipinski definition) is 6. The van der Waals surface area contributed by atoms with Gasteiger partial charge >= 0.3 is 0 Å². The topological polar surface area (TPSA) is 97.2 Å². The molecule has 1 aromatic heterocycles. The van der Waals surface area contributed by atoms with E-state index < -0.39 is 10.0 Å². The number of rotatable bonds is 9. The Balaban J connectivity index is 1.45. The Morgan fingerprint density at radius 2 is 1.89 bits per heavy atom. The van der Waals surface area contributed by atoms with Crippen LogP contribution in [0.5, 0.6) is 0 Å². The lowest BCUT2D eigenvalue weighted by Crippen LogP contribution is -2.39. The molecule has 0 spiro atoms. The maximum atomic E-state index is 13.1. The number of carbonyl (C=O) groups is 1. The van der Waals surface area contributed by atoms with Crippen LogP contribution in [0.25, 0.3) is 0 Å². The molecule has 1 fully saturated rings. The van der Waals surface area contributed by atoms with Crippen LogP contribution in [0, 0.1) is 5.82 Å². The van der Waals surface area contributed by atoms with Crippen LogP contribution < -0.4 is 5.32 Å². The van der Waals surface area contributed by atoms with E-state index in [9.17, 15) is 17.6 Å². The van der Waals surface area contributed by atoms with Crippen molar-refractivity contribution >= 4 is 33.4 Å². The van der Waals surface area contributed by atoms with Gasteiger partial charge in [-0.15, -0.1) is 10.2 Å². The van der Waals surface area contributed by atoms with E-state index in [-0.39, 0.29) is 23.4 Å². The van der Waals surface area contributed by atoms with E-state index in [1.165, 1.54) is 40.3 Å². The number of thioether (sulfide) groups is 1. The van der Waals surface area contributed by atoms with E-state index in [1.54, 1.807) is 30.3 Å². The van der Waals surface area contributed by atoms with Crippen molar-refractivity contribution < 1.29 is 17.6 Å². The molecule has 0 unspecified atom stereocenters. The molecule has 3 aromatic rings. The lowest BCUT2D eigenvalue weighted by molar-refractivity contribution is -0.113. The van der Waals surface area contributed by atoms with Crippen LogP contribution in [0.3, 0.4) is 0 Å². The Labute approximate surface area is 209 Å². The summed E-state index contributed by atoms with van der Waals surface area (Å²) in [4.78, 5) is 12.7. The molecular weight excluding hydrogens is 489 g/mol. The lowest BCUT2D eigenvalue weighted by atomic mass is 9.99. The van der Waals surface area contributed by atoms with Crippen molar-refractivity contribution in [3.63, 3.8) is 0 Å². The number of benzene rings is 2. The highest BCUT2D eigenvalue weighted by molar-refractivity contribution is 7.99. The van der Waals surface area contributed by atoms with Gasteiger partial charge in [-0.25, -0.2) is 12.8 Å². The first kappa shape index (κ1) is 25.3. The van der Waals surface area contributed by atoms with Crippen LogP contribution in [0.15, 0.2) is 64.6 Å². The summed E-state index contributed by atoms with van der Waals surface area (Å²) in [6.45, 7) is 3.54. The molecule has 4 rings (SSSR count). The summed E-state index contributed by atoms with van der Waals surface area (Å²) in [6, 6.07) is 14.1. The number of halogens is 1. The van der Waals surface area contributed by atoms with Gasteiger partial charge in [-0.05, 0) is 55.7 Å². The van der Waals surface area contributed by atoms with Gasteiger partial charge in [0.05, 0.1) is 10.6 Å². The summed E-state index contributed by atoms with van der Waals surface area (Å²) in [5, 5.41) is 12.1. The Hall–Kier alpha value is -2.76. The molecule has 1 amide bonds. The summed E-state index contributed by atoms with van der Waals surface area (Å²) >= 11 is 1.28. The Morgan fingerprint density at radius 1 is 1.14 bits per heavy atom. The zero-order valence-electron chi connectivity index (χ0n) is 19.4. The largest absolute Gasteiger partial charge is 0.325 e. The maximum Gasteiger partial charge on any atom is 0.243 e. The Bertz CT molecular complexity index is 1250. The van der Waals surface area contributed by atoms with Crippen molar-refractivity contribution in [2.24, 2.45) is 0 Å². The van der Waals surface area contributed by atoms with E-state index in [2.05, 4.69) is 15.5 Å². The van der Waals surface area contributed by atoms with Crippen molar-refractivity contribution in [3.8, 4) is 0 Å². The second-order valence-corrected chi connectivity index (χ2v) is 11.2. The number of amides is 1. The van der Waals surface area contributed by atoms with Crippen LogP contribution in [-0.2, 0) is 21.4 Å². The number of carbonyl (C=O) groups excluding carboxylic acids is 1. The molecule has 1 atom stereocenters. The minimum absolute atomic E-state index is 0.0799. The summed E-state index contributed by atoms with van der Waals surface area (Å²) in [5.41, 5.74) is 0.523. The molecule has 1 N–H and O–H groups in total. The lowest BCUT2D eigenvalue weighted by Gasteiger charge is -2.31. The number of nitrogens with one attached hydrogen (secondary N) is 1. The molecule has 35 heavy (non-hydrogen) atoms. The zero-order valence-corrected chi connectivity index (χ0v) is 21.1. The monoisotopic (exact) mass is 517 g/mol. The summed E-state index contributed by atoms with van der Waals surface area (Å²) in [7, 11) is -3.58. The summed E-state index contributed by atoms with van der Waals surface area (Å²) in [5.74, 6) is 0.200. The van der Waals surface area contributed by atoms with Gasteiger partial charge in [0.2, 0.25) is 15.9 Å². The van der Waals surface area contributed by atoms with Crippen molar-refractivity contribution in [1.29, 1.82) is 0 Å². The van der Waals surface area contributed by atoms with Gasteiger partial charge in [0.15, 0.2) is 5.16 Å². The van der Waals surface area contributed by atoms with Gasteiger partial charge in [-0.3, -0.25) is 4.79 Å². The first-order chi connectivity index (χ1) is 16.9. The molecule has 1 aliphatic rings. The second-order valence-electron chi connectivity index (χ2n) is 8.35. The Kier molecular flexibility index (Phi) is 8.19. The number of nitrogens with zero attached hydrogens (tertiary/aromatic N) is 4. The molecule has 11 heteroatoms. The van der Waals surface area contributed by atoms with Gasteiger partial charge in [-0.1, -0.05) is 36.9 Å². The van der Waals surface area contributed by atoms with Crippen molar-refractivity contribution in [1.82, 2.24) is 19.1 Å². The third-order valence-electron chi connectivity index (χ3n) is 5.78. The molecule has 0 radical (unpaired) electrons. The predicted molar refractivity (Wildman–Crippen MR) is 133 cm³/mol. The predicted octanol–water partition coefficient (Wildman–Crippen LogP) is 4.13. The normalized spacial score (nSPS) is 16.8. The maximum absolute atomic E-state index is 13.1. The number of anilines is 1. The van der Waals surface area contributed by atoms with Crippen molar-refractivity contribution in [2.45, 2.75) is 48.7 Å². The quantitative estimate of drug-likeness (QED) is 0.429. The average molecular weight is 518 g/mol. The van der Waals surface area contributed by atoms with Crippen LogP contribution in [0.2, 0.25) is 0 Å². The zero-order chi connectivity index (χ0) is 24.8. The molecule has 1 aliphatic heterocycles. The molecular formula is C24H28FN5O3S2. The molecule has 0 saturated carbocycles. The number of sulfonamides is 1. The SMILES string of the molecule is CCCn1c(SCC(=O)Nc2ccc(F)cc2)nnc1[C@H]1CCCN(S(=O)(=O)c2ccccc2)C1. The van der Waals surface area contributed by atoms with E-state index in [4.69, 9.17) is 0 Å². The fraction of sp³-hybridized carbons (Fsp3) is 0.375. The van der Waals surface area contributed by atoms with E-state index in [0.29, 0.717) is 35.4 Å². The highest BCUT2D eigenvalue weighted by Gasteiger charge is 2.33. The summed E-state index contributed by atoms with van der Waals surface area (Å²) < 4.78 is 42.9. The molecule has 186 valence electrons. The van der Waals surface area contributed by atoms with Crippen molar-refractivity contribution in [3.05, 3.63) is 66.2 Å². The molecule has 8 nitrogen and oxygen atoms in total. The number of piperidine rings is 1. The molecule has 2 heterocycles. The first-order valence-corrected chi connectivity index (χ1v) is 14.0. The van der Waals surface area contributed by atoms with E-state index in [0.717, 1.165) is 25.1 Å². The molecule has 0 aliphatic carbocycles. The standard InChI is InChI=1S/C24H28FN5O3S2/c1-2-14-30-23(18-7-6-15-29(16-18)35(32,33)21-8-4-3-5-9-21)27-28-24(30)34-17-22(31)26-20-12-10-19(25)11-13-20/h3-5,8-13,18H,2,6-7,14-17H2,1H3,(H,26,31)/t18-/m0/s1. The fourth-order valence-corrected chi connectivity index (χ4v) is 6.43. The van der Waals surface area contributed by atoms with Crippen LogP contribution in [-0.4, -0.2) is 52.2 Å². The van der Waals surface area contributed by atoms with Crippen molar-refractivity contribution in [2.75, 3.05) is 24.2 Å².